The molecule has 1 aliphatic heterocycles. The molecule has 116 valence electrons. The first-order chi connectivity index (χ1) is 10.6. The number of rotatable bonds is 5. The third-order valence-electron chi connectivity index (χ3n) is 4.99. The Kier molecular flexibility index (Phi) is 3.04. The summed E-state index contributed by atoms with van der Waals surface area (Å²) in [6, 6.07) is 2.00. The number of aliphatic carboxylic acids is 1. The number of carboxylic acid groups (broad SMARTS) is 1. The van der Waals surface area contributed by atoms with Crippen molar-refractivity contribution in [1.82, 2.24) is 19.9 Å². The van der Waals surface area contributed by atoms with Crippen molar-refractivity contribution in [2.24, 2.45) is 17.8 Å². The molecule has 2 aromatic heterocycles. The zero-order chi connectivity index (χ0) is 15.3. The minimum atomic E-state index is -0.731. The lowest BCUT2D eigenvalue weighted by Gasteiger charge is -2.22. The number of hydrogen-bond donors (Lipinski definition) is 2. The summed E-state index contributed by atoms with van der Waals surface area (Å²) in [5.74, 6) is 2.17. The Labute approximate surface area is 128 Å². The van der Waals surface area contributed by atoms with Crippen LogP contribution < -0.4 is 4.90 Å². The van der Waals surface area contributed by atoms with Gasteiger partial charge >= 0.3 is 5.97 Å². The molecule has 0 unspecified atom stereocenters. The summed E-state index contributed by atoms with van der Waals surface area (Å²) in [5.41, 5.74) is 0.862. The monoisotopic (exact) mass is 301 g/mol. The molecule has 2 aromatic rings. The molecule has 0 bridgehead atoms. The normalized spacial score (nSPS) is 27.0. The molecule has 1 saturated carbocycles. The molecule has 7 nitrogen and oxygen atoms in total. The van der Waals surface area contributed by atoms with Crippen molar-refractivity contribution in [1.29, 1.82) is 0 Å². The number of carboxylic acids is 1. The Hall–Kier alpha value is -2.15. The number of nitrogens with one attached hydrogen (secondary N) is 1. The van der Waals surface area contributed by atoms with Crippen LogP contribution in [-0.4, -0.2) is 64.2 Å². The summed E-state index contributed by atoms with van der Waals surface area (Å²) in [6.45, 7) is 2.97. The highest BCUT2D eigenvalue weighted by Crippen LogP contribution is 2.52. The summed E-state index contributed by atoms with van der Waals surface area (Å²) in [6.07, 6.45) is 3.47. The van der Waals surface area contributed by atoms with Crippen molar-refractivity contribution in [2.45, 2.75) is 0 Å². The second-order valence-electron chi connectivity index (χ2n) is 6.40. The van der Waals surface area contributed by atoms with Crippen LogP contribution >= 0.6 is 0 Å². The second-order valence-corrected chi connectivity index (χ2v) is 6.40. The number of likely N-dealkylation sites (tertiary alicyclic amines) is 1. The Morgan fingerprint density at radius 3 is 2.95 bits per heavy atom. The first-order valence-electron chi connectivity index (χ1n) is 7.57. The molecular formula is C15H19N5O2. The first kappa shape index (κ1) is 13.5. The van der Waals surface area contributed by atoms with Gasteiger partial charge in [-0.3, -0.25) is 9.69 Å². The van der Waals surface area contributed by atoms with Gasteiger partial charge in [-0.15, -0.1) is 0 Å². The van der Waals surface area contributed by atoms with E-state index in [1.54, 1.807) is 6.33 Å². The second kappa shape index (κ2) is 4.95. The molecule has 3 atom stereocenters. The van der Waals surface area contributed by atoms with E-state index in [1.807, 2.05) is 17.2 Å². The largest absolute Gasteiger partial charge is 0.480 e. The van der Waals surface area contributed by atoms with Crippen LogP contribution in [0.2, 0.25) is 0 Å². The highest BCUT2D eigenvalue weighted by molar-refractivity contribution is 5.87. The summed E-state index contributed by atoms with van der Waals surface area (Å²) in [7, 11) is 2.07. The van der Waals surface area contributed by atoms with Crippen LogP contribution in [0.4, 0.5) is 5.82 Å². The average molecular weight is 301 g/mol. The van der Waals surface area contributed by atoms with Crippen molar-refractivity contribution in [3.8, 4) is 0 Å². The molecule has 22 heavy (non-hydrogen) atoms. The molecule has 0 radical (unpaired) electrons. The number of piperidine rings is 1. The SMILES string of the molecule is CN(C[C@H]1[C@@H]2CN(CC(=O)O)C[C@@H]21)c1ncnc2[nH]ccc12. The Bertz CT molecular complexity index is 703. The molecule has 0 aromatic carbocycles. The predicted molar refractivity (Wildman–Crippen MR) is 81.7 cm³/mol. The molecule has 4 rings (SSSR count). The number of fused-ring (bicyclic) bond motifs is 2. The molecule has 2 aliphatic rings. The Morgan fingerprint density at radius 1 is 1.45 bits per heavy atom. The van der Waals surface area contributed by atoms with Crippen molar-refractivity contribution in [3.63, 3.8) is 0 Å². The summed E-state index contributed by atoms with van der Waals surface area (Å²) in [4.78, 5) is 26.7. The van der Waals surface area contributed by atoms with E-state index in [2.05, 4.69) is 26.9 Å². The lowest BCUT2D eigenvalue weighted by molar-refractivity contribution is -0.138. The lowest BCUT2D eigenvalue weighted by Crippen LogP contribution is -2.32. The van der Waals surface area contributed by atoms with E-state index in [4.69, 9.17) is 5.11 Å². The predicted octanol–water partition coefficient (Wildman–Crippen LogP) is 0.657. The maximum atomic E-state index is 10.8. The van der Waals surface area contributed by atoms with Gasteiger partial charge in [0.2, 0.25) is 0 Å². The van der Waals surface area contributed by atoms with Gasteiger partial charge in [0.05, 0.1) is 11.9 Å². The first-order valence-corrected chi connectivity index (χ1v) is 7.57. The number of anilines is 1. The summed E-state index contributed by atoms with van der Waals surface area (Å²) >= 11 is 0. The van der Waals surface area contributed by atoms with Gasteiger partial charge in [0.25, 0.3) is 0 Å². The number of hydrogen-bond acceptors (Lipinski definition) is 5. The van der Waals surface area contributed by atoms with Gasteiger partial charge in [-0.1, -0.05) is 0 Å². The highest BCUT2D eigenvalue weighted by Gasteiger charge is 2.55. The molecule has 2 N–H and O–H groups in total. The van der Waals surface area contributed by atoms with Crippen LogP contribution in [0, 0.1) is 17.8 Å². The third kappa shape index (κ3) is 2.21. The fourth-order valence-corrected chi connectivity index (χ4v) is 3.89. The van der Waals surface area contributed by atoms with Crippen LogP contribution in [0.3, 0.4) is 0 Å². The van der Waals surface area contributed by atoms with Crippen LogP contribution in [0.1, 0.15) is 0 Å². The van der Waals surface area contributed by atoms with Crippen LogP contribution in [0.5, 0.6) is 0 Å². The fraction of sp³-hybridized carbons (Fsp3) is 0.533. The van der Waals surface area contributed by atoms with E-state index < -0.39 is 5.97 Å². The van der Waals surface area contributed by atoms with E-state index in [1.165, 1.54) is 0 Å². The van der Waals surface area contributed by atoms with Gasteiger partial charge in [0, 0.05) is 32.9 Å². The van der Waals surface area contributed by atoms with E-state index in [9.17, 15) is 4.79 Å². The molecule has 7 heteroatoms. The molecule has 1 aliphatic carbocycles. The number of nitrogens with zero attached hydrogens (tertiary/aromatic N) is 4. The number of aromatic nitrogens is 3. The molecule has 0 amide bonds. The average Bonchev–Trinajstić information content (AvgIpc) is 2.88. The van der Waals surface area contributed by atoms with Gasteiger partial charge in [-0.25, -0.2) is 9.97 Å². The topological polar surface area (TPSA) is 85.3 Å². The number of H-pyrrole nitrogens is 1. The standard InChI is InChI=1S/C15H19N5O2/c1-19(15-9-2-3-16-14(9)17-8-18-15)4-10-11-5-20(6-12(10)11)7-13(21)22/h2-3,8,10-12H,4-7H2,1H3,(H,21,22)(H,16,17,18)/t10-,11-,12+. The Balaban J connectivity index is 1.40. The van der Waals surface area contributed by atoms with Crippen molar-refractivity contribution in [2.75, 3.05) is 38.1 Å². The summed E-state index contributed by atoms with van der Waals surface area (Å²) < 4.78 is 0. The minimum absolute atomic E-state index is 0.172. The van der Waals surface area contributed by atoms with Crippen molar-refractivity contribution >= 4 is 22.8 Å². The molecule has 1 saturated heterocycles. The molecule has 2 fully saturated rings. The molecular weight excluding hydrogens is 282 g/mol. The number of aromatic amines is 1. The molecule has 0 spiro atoms. The zero-order valence-corrected chi connectivity index (χ0v) is 12.4. The van der Waals surface area contributed by atoms with E-state index in [0.29, 0.717) is 17.8 Å². The van der Waals surface area contributed by atoms with E-state index in [0.717, 1.165) is 36.5 Å². The maximum absolute atomic E-state index is 10.8. The van der Waals surface area contributed by atoms with Crippen LogP contribution in [-0.2, 0) is 4.79 Å². The van der Waals surface area contributed by atoms with Crippen LogP contribution in [0.15, 0.2) is 18.6 Å². The van der Waals surface area contributed by atoms with Gasteiger partial charge in [-0.05, 0) is 23.8 Å². The smallest absolute Gasteiger partial charge is 0.317 e. The van der Waals surface area contributed by atoms with Crippen molar-refractivity contribution in [3.05, 3.63) is 18.6 Å². The Morgan fingerprint density at radius 2 is 2.23 bits per heavy atom. The quantitative estimate of drug-likeness (QED) is 0.844. The molecule has 3 heterocycles. The zero-order valence-electron chi connectivity index (χ0n) is 12.4. The van der Waals surface area contributed by atoms with Gasteiger partial charge in [-0.2, -0.15) is 0 Å². The van der Waals surface area contributed by atoms with Crippen molar-refractivity contribution < 1.29 is 9.90 Å². The van der Waals surface area contributed by atoms with Gasteiger partial charge < -0.3 is 15.0 Å². The van der Waals surface area contributed by atoms with E-state index in [-0.39, 0.29) is 6.54 Å². The highest BCUT2D eigenvalue weighted by atomic mass is 16.4. The lowest BCUT2D eigenvalue weighted by atomic mass is 10.2. The third-order valence-corrected chi connectivity index (χ3v) is 4.99. The fourth-order valence-electron chi connectivity index (χ4n) is 3.89. The number of carbonyl (C=O) groups is 1. The minimum Gasteiger partial charge on any atom is -0.480 e. The summed E-state index contributed by atoms with van der Waals surface area (Å²) in [5, 5.41) is 9.89. The van der Waals surface area contributed by atoms with Gasteiger partial charge in [0.15, 0.2) is 0 Å². The van der Waals surface area contributed by atoms with Gasteiger partial charge in [0.1, 0.15) is 17.8 Å². The maximum Gasteiger partial charge on any atom is 0.317 e. The van der Waals surface area contributed by atoms with Crippen LogP contribution in [0.25, 0.3) is 11.0 Å². The van der Waals surface area contributed by atoms with E-state index >= 15 is 0 Å².